The Morgan fingerprint density at radius 2 is 1.76 bits per heavy atom. The molecular weight excluding hydrogens is 274 g/mol. The van der Waals surface area contributed by atoms with E-state index in [1.54, 1.807) is 0 Å². The number of nitrogens with zero attached hydrogens (tertiary/aromatic N) is 1. The lowest BCUT2D eigenvalue weighted by atomic mass is 10.1. The van der Waals surface area contributed by atoms with Crippen LogP contribution in [0.25, 0.3) is 0 Å². The number of alkyl halides is 1. The van der Waals surface area contributed by atoms with Crippen LogP contribution in [-0.2, 0) is 0 Å². The van der Waals surface area contributed by atoms with Gasteiger partial charge in [-0.2, -0.15) is 0 Å². The van der Waals surface area contributed by atoms with Gasteiger partial charge in [-0.15, -0.1) is 0 Å². The smallest absolute Gasteiger partial charge is 0.00344 e. The predicted octanol–water partition coefficient (Wildman–Crippen LogP) is 4.84. The molecule has 1 aliphatic rings. The highest BCUT2D eigenvalue weighted by atomic mass is 79.9. The molecule has 0 aromatic rings. The second-order valence-corrected chi connectivity index (χ2v) is 6.35. The minimum atomic E-state index is 0.971. The summed E-state index contributed by atoms with van der Waals surface area (Å²) < 4.78 is 0. The third kappa shape index (κ3) is 7.46. The highest BCUT2D eigenvalue weighted by Gasteiger charge is 2.20. The van der Waals surface area contributed by atoms with E-state index in [9.17, 15) is 0 Å². The molecule has 17 heavy (non-hydrogen) atoms. The van der Waals surface area contributed by atoms with Crippen LogP contribution in [0.5, 0.6) is 0 Å². The zero-order valence-electron chi connectivity index (χ0n) is 11.6. The number of rotatable bonds is 10. The van der Waals surface area contributed by atoms with Crippen LogP contribution in [0.3, 0.4) is 0 Å². The van der Waals surface area contributed by atoms with Gasteiger partial charge in [-0.25, -0.2) is 0 Å². The number of unbranched alkanes of at least 4 members (excludes halogenated alkanes) is 6. The molecule has 0 amide bonds. The molecule has 0 aromatic carbocycles. The Morgan fingerprint density at radius 3 is 2.47 bits per heavy atom. The largest absolute Gasteiger partial charge is 0.303 e. The first kappa shape index (κ1) is 15.5. The summed E-state index contributed by atoms with van der Waals surface area (Å²) in [4.78, 5) is 2.68. The molecule has 0 aliphatic carbocycles. The fraction of sp³-hybridized carbons (Fsp3) is 1.00. The fourth-order valence-electron chi connectivity index (χ4n) is 2.80. The van der Waals surface area contributed by atoms with Gasteiger partial charge in [0.05, 0.1) is 0 Å². The van der Waals surface area contributed by atoms with Gasteiger partial charge in [0, 0.05) is 11.9 Å². The maximum absolute atomic E-state index is 3.55. The van der Waals surface area contributed by atoms with Gasteiger partial charge < -0.3 is 4.90 Å². The molecule has 1 heterocycles. The first-order valence-corrected chi connectivity index (χ1v) is 8.77. The SMILES string of the molecule is CCCCCCCCCN1CCC(CCBr)C1. The van der Waals surface area contributed by atoms with E-state index in [4.69, 9.17) is 0 Å². The lowest BCUT2D eigenvalue weighted by Crippen LogP contribution is -2.22. The zero-order chi connectivity index (χ0) is 12.3. The summed E-state index contributed by atoms with van der Waals surface area (Å²) in [5, 5.41) is 1.18. The maximum atomic E-state index is 3.55. The van der Waals surface area contributed by atoms with E-state index in [1.165, 1.54) is 82.8 Å². The van der Waals surface area contributed by atoms with Crippen LogP contribution in [-0.4, -0.2) is 29.9 Å². The second-order valence-electron chi connectivity index (χ2n) is 5.55. The molecule has 1 unspecified atom stereocenters. The molecule has 1 saturated heterocycles. The summed E-state index contributed by atoms with van der Waals surface area (Å²) in [6.07, 6.45) is 12.8. The maximum Gasteiger partial charge on any atom is 0.00344 e. The van der Waals surface area contributed by atoms with Crippen LogP contribution < -0.4 is 0 Å². The summed E-state index contributed by atoms with van der Waals surface area (Å²) in [5.74, 6) is 0.971. The Bertz CT molecular complexity index is 172. The molecule has 1 nitrogen and oxygen atoms in total. The average molecular weight is 304 g/mol. The molecule has 0 radical (unpaired) electrons. The molecular formula is C15H30BrN. The van der Waals surface area contributed by atoms with Gasteiger partial charge in [0.15, 0.2) is 0 Å². The normalized spacial score (nSPS) is 21.2. The molecule has 0 N–H and O–H groups in total. The van der Waals surface area contributed by atoms with E-state index in [0.29, 0.717) is 0 Å². The van der Waals surface area contributed by atoms with Crippen LogP contribution in [0.2, 0.25) is 0 Å². The molecule has 0 saturated carbocycles. The van der Waals surface area contributed by atoms with E-state index in [2.05, 4.69) is 27.8 Å². The summed E-state index contributed by atoms with van der Waals surface area (Å²) in [5.41, 5.74) is 0. The summed E-state index contributed by atoms with van der Waals surface area (Å²) in [7, 11) is 0. The van der Waals surface area contributed by atoms with E-state index < -0.39 is 0 Å². The third-order valence-corrected chi connectivity index (χ3v) is 4.42. The zero-order valence-corrected chi connectivity index (χ0v) is 13.2. The molecule has 1 atom stereocenters. The van der Waals surface area contributed by atoms with Crippen molar-refractivity contribution >= 4 is 15.9 Å². The van der Waals surface area contributed by atoms with E-state index in [-0.39, 0.29) is 0 Å². The minimum Gasteiger partial charge on any atom is -0.303 e. The van der Waals surface area contributed by atoms with Crippen molar-refractivity contribution in [3.63, 3.8) is 0 Å². The Hall–Kier alpha value is 0.440. The molecule has 1 fully saturated rings. The van der Waals surface area contributed by atoms with Crippen LogP contribution in [0.1, 0.15) is 64.7 Å². The van der Waals surface area contributed by atoms with E-state index in [1.807, 2.05) is 0 Å². The molecule has 2 heteroatoms. The van der Waals surface area contributed by atoms with Crippen molar-refractivity contribution in [3.05, 3.63) is 0 Å². The Kier molecular flexibility index (Phi) is 9.45. The van der Waals surface area contributed by atoms with Crippen molar-refractivity contribution in [1.82, 2.24) is 4.90 Å². The van der Waals surface area contributed by atoms with Crippen LogP contribution >= 0.6 is 15.9 Å². The van der Waals surface area contributed by atoms with E-state index >= 15 is 0 Å². The van der Waals surface area contributed by atoms with Gasteiger partial charge in [-0.05, 0) is 38.3 Å². The fourth-order valence-corrected chi connectivity index (χ4v) is 3.45. The van der Waals surface area contributed by atoms with Crippen molar-refractivity contribution < 1.29 is 0 Å². The molecule has 1 rings (SSSR count). The van der Waals surface area contributed by atoms with Crippen molar-refractivity contribution in [2.45, 2.75) is 64.7 Å². The van der Waals surface area contributed by atoms with Crippen molar-refractivity contribution in [1.29, 1.82) is 0 Å². The van der Waals surface area contributed by atoms with Crippen LogP contribution in [0.15, 0.2) is 0 Å². The first-order chi connectivity index (χ1) is 8.36. The standard InChI is InChI=1S/C15H30BrN/c1-2-3-4-5-6-7-8-12-17-13-10-15(14-17)9-11-16/h15H,2-14H2,1H3. The van der Waals surface area contributed by atoms with Gasteiger partial charge in [0.2, 0.25) is 0 Å². The number of halogens is 1. The lowest BCUT2D eigenvalue weighted by Gasteiger charge is -2.15. The number of hydrogen-bond acceptors (Lipinski definition) is 1. The van der Waals surface area contributed by atoms with E-state index in [0.717, 1.165) is 5.92 Å². The van der Waals surface area contributed by atoms with Crippen molar-refractivity contribution in [2.75, 3.05) is 25.0 Å². The Balaban J connectivity index is 1.87. The monoisotopic (exact) mass is 303 g/mol. The number of hydrogen-bond donors (Lipinski definition) is 0. The highest BCUT2D eigenvalue weighted by Crippen LogP contribution is 2.20. The minimum absolute atomic E-state index is 0.971. The van der Waals surface area contributed by atoms with Crippen LogP contribution in [0, 0.1) is 5.92 Å². The average Bonchev–Trinajstić information content (AvgIpc) is 2.76. The van der Waals surface area contributed by atoms with Gasteiger partial charge >= 0.3 is 0 Å². The molecule has 1 aliphatic heterocycles. The van der Waals surface area contributed by atoms with Gasteiger partial charge in [-0.3, -0.25) is 0 Å². The van der Waals surface area contributed by atoms with Crippen molar-refractivity contribution in [2.24, 2.45) is 5.92 Å². The van der Waals surface area contributed by atoms with Gasteiger partial charge in [0.1, 0.15) is 0 Å². The second kappa shape index (κ2) is 10.4. The molecule has 102 valence electrons. The topological polar surface area (TPSA) is 3.24 Å². The molecule has 0 bridgehead atoms. The third-order valence-electron chi connectivity index (χ3n) is 3.97. The summed E-state index contributed by atoms with van der Waals surface area (Å²) in [6.45, 7) is 6.36. The first-order valence-electron chi connectivity index (χ1n) is 7.65. The molecule has 0 aromatic heterocycles. The summed E-state index contributed by atoms with van der Waals surface area (Å²) in [6, 6.07) is 0. The molecule has 0 spiro atoms. The highest BCUT2D eigenvalue weighted by molar-refractivity contribution is 9.09. The predicted molar refractivity (Wildman–Crippen MR) is 81.0 cm³/mol. The number of likely N-dealkylation sites (tertiary alicyclic amines) is 1. The van der Waals surface area contributed by atoms with Crippen LogP contribution in [0.4, 0.5) is 0 Å². The Morgan fingerprint density at radius 1 is 1.06 bits per heavy atom. The summed E-state index contributed by atoms with van der Waals surface area (Å²) >= 11 is 3.55. The lowest BCUT2D eigenvalue weighted by molar-refractivity contribution is 0.313. The quantitative estimate of drug-likeness (QED) is 0.412. The van der Waals surface area contributed by atoms with Crippen molar-refractivity contribution in [3.8, 4) is 0 Å². The Labute approximate surface area is 116 Å². The van der Waals surface area contributed by atoms with Gasteiger partial charge in [0.25, 0.3) is 0 Å². The van der Waals surface area contributed by atoms with Gasteiger partial charge in [-0.1, -0.05) is 61.4 Å².